The smallest absolute Gasteiger partial charge is 0.408 e. The van der Waals surface area contributed by atoms with Crippen molar-refractivity contribution in [2.45, 2.75) is 38.8 Å². The van der Waals surface area contributed by atoms with Gasteiger partial charge in [0.1, 0.15) is 17.7 Å². The second-order valence-electron chi connectivity index (χ2n) is 6.67. The predicted molar refractivity (Wildman–Crippen MR) is 89.9 cm³/mol. The summed E-state index contributed by atoms with van der Waals surface area (Å²) >= 11 is 0. The maximum atomic E-state index is 11.8. The van der Waals surface area contributed by atoms with Crippen molar-refractivity contribution in [2.24, 2.45) is 7.05 Å². The summed E-state index contributed by atoms with van der Waals surface area (Å²) in [6.07, 6.45) is -0.703. The molecule has 0 saturated carbocycles. The van der Waals surface area contributed by atoms with Gasteiger partial charge in [-0.25, -0.2) is 14.6 Å². The summed E-state index contributed by atoms with van der Waals surface area (Å²) in [6.45, 7) is 5.10. The highest BCUT2D eigenvalue weighted by molar-refractivity contribution is 5.81. The summed E-state index contributed by atoms with van der Waals surface area (Å²) in [4.78, 5) is 27.5. The number of imidazole rings is 1. The Hall–Kier alpha value is -3.08. The highest BCUT2D eigenvalue weighted by atomic mass is 16.6. The molecule has 1 amide bonds. The number of nitriles is 1. The molecule has 1 aromatic heterocycles. The molecule has 8 heteroatoms. The Morgan fingerprint density at radius 1 is 1.44 bits per heavy atom. The van der Waals surface area contributed by atoms with Gasteiger partial charge in [0.15, 0.2) is 0 Å². The molecule has 2 aromatic rings. The number of ether oxygens (including phenoxy) is 1. The zero-order chi connectivity index (χ0) is 18.8. The van der Waals surface area contributed by atoms with Gasteiger partial charge in [0.2, 0.25) is 5.82 Å². The quantitative estimate of drug-likeness (QED) is 0.875. The number of alkyl carbamates (subject to hydrolysis) is 1. The zero-order valence-electron chi connectivity index (χ0n) is 14.5. The van der Waals surface area contributed by atoms with Gasteiger partial charge in [-0.2, -0.15) is 5.26 Å². The molecule has 25 heavy (non-hydrogen) atoms. The fourth-order valence-electron chi connectivity index (χ4n) is 2.35. The van der Waals surface area contributed by atoms with E-state index < -0.39 is 23.7 Å². The standard InChI is InChI=1S/C17H20N4O4/c1-17(2,3)25-16(24)20-12(15(22)23)7-10-5-6-11-13(8-10)21(4)14(9-18)19-11/h5-6,8,12H,7H2,1-4H3,(H,20,24)(H,22,23)/t12-/m0/s1. The molecule has 8 nitrogen and oxygen atoms in total. The van der Waals surface area contributed by atoms with E-state index in [2.05, 4.69) is 10.3 Å². The molecule has 0 aliphatic heterocycles. The predicted octanol–water partition coefficient (Wildman–Crippen LogP) is 1.97. The molecule has 0 spiro atoms. The van der Waals surface area contributed by atoms with E-state index in [9.17, 15) is 14.7 Å². The van der Waals surface area contributed by atoms with Gasteiger partial charge in [0.25, 0.3) is 0 Å². The average molecular weight is 344 g/mol. The van der Waals surface area contributed by atoms with Gasteiger partial charge in [-0.05, 0) is 38.5 Å². The molecule has 1 heterocycles. The molecular weight excluding hydrogens is 324 g/mol. The number of aromatic nitrogens is 2. The summed E-state index contributed by atoms with van der Waals surface area (Å²) in [6, 6.07) is 6.07. The first-order valence-corrected chi connectivity index (χ1v) is 7.68. The summed E-state index contributed by atoms with van der Waals surface area (Å²) in [5.74, 6) is -0.887. The van der Waals surface area contributed by atoms with Crippen LogP contribution in [0.4, 0.5) is 4.79 Å². The third-order valence-electron chi connectivity index (χ3n) is 3.47. The normalized spacial score (nSPS) is 12.4. The van der Waals surface area contributed by atoms with E-state index in [1.807, 2.05) is 6.07 Å². The molecule has 0 aliphatic carbocycles. The molecule has 0 aliphatic rings. The number of hydrogen-bond donors (Lipinski definition) is 2. The number of nitrogens with one attached hydrogen (secondary N) is 1. The molecule has 132 valence electrons. The van der Waals surface area contributed by atoms with Crippen LogP contribution in [0.15, 0.2) is 18.2 Å². The Kier molecular flexibility index (Phi) is 4.97. The molecule has 0 fully saturated rings. The van der Waals surface area contributed by atoms with Crippen LogP contribution < -0.4 is 5.32 Å². The minimum absolute atomic E-state index is 0.0809. The first kappa shape index (κ1) is 18.3. The largest absolute Gasteiger partial charge is 0.480 e. The third kappa shape index (κ3) is 4.47. The Labute approximate surface area is 145 Å². The van der Waals surface area contributed by atoms with Crippen LogP contribution in [-0.4, -0.2) is 38.4 Å². The maximum Gasteiger partial charge on any atom is 0.408 e. The number of hydrogen-bond acceptors (Lipinski definition) is 5. The van der Waals surface area contributed by atoms with E-state index in [-0.39, 0.29) is 12.2 Å². The zero-order valence-corrected chi connectivity index (χ0v) is 14.5. The number of carboxylic acid groups (broad SMARTS) is 1. The van der Waals surface area contributed by atoms with Crippen molar-refractivity contribution < 1.29 is 19.4 Å². The monoisotopic (exact) mass is 344 g/mol. The minimum Gasteiger partial charge on any atom is -0.480 e. The number of fused-ring (bicyclic) bond motifs is 1. The molecule has 2 rings (SSSR count). The van der Waals surface area contributed by atoms with E-state index in [0.717, 1.165) is 5.52 Å². The van der Waals surface area contributed by atoms with E-state index in [4.69, 9.17) is 10.00 Å². The van der Waals surface area contributed by atoms with Crippen molar-refractivity contribution in [1.29, 1.82) is 5.26 Å². The number of aliphatic carboxylic acids is 1. The molecule has 1 atom stereocenters. The Morgan fingerprint density at radius 2 is 2.12 bits per heavy atom. The number of aryl methyl sites for hydroxylation is 1. The van der Waals surface area contributed by atoms with Gasteiger partial charge in [0.05, 0.1) is 11.0 Å². The van der Waals surface area contributed by atoms with Gasteiger partial charge >= 0.3 is 12.1 Å². The lowest BCUT2D eigenvalue weighted by Crippen LogP contribution is -2.44. The van der Waals surface area contributed by atoms with Crippen LogP contribution in [0.5, 0.6) is 0 Å². The Balaban J connectivity index is 2.21. The van der Waals surface area contributed by atoms with E-state index >= 15 is 0 Å². The highest BCUT2D eigenvalue weighted by Gasteiger charge is 2.24. The van der Waals surface area contributed by atoms with E-state index in [1.165, 1.54) is 0 Å². The van der Waals surface area contributed by atoms with Gasteiger partial charge in [0, 0.05) is 13.5 Å². The van der Waals surface area contributed by atoms with Gasteiger partial charge in [-0.15, -0.1) is 0 Å². The Bertz CT molecular complexity index is 858. The Morgan fingerprint density at radius 3 is 2.68 bits per heavy atom. The van der Waals surface area contributed by atoms with Crippen molar-refractivity contribution in [3.05, 3.63) is 29.6 Å². The lowest BCUT2D eigenvalue weighted by atomic mass is 10.1. The molecular formula is C17H20N4O4. The van der Waals surface area contributed by atoms with Gasteiger partial charge in [-0.3, -0.25) is 0 Å². The van der Waals surface area contributed by atoms with Crippen molar-refractivity contribution in [1.82, 2.24) is 14.9 Å². The lowest BCUT2D eigenvalue weighted by molar-refractivity contribution is -0.139. The van der Waals surface area contributed by atoms with Crippen LogP contribution in [0.25, 0.3) is 11.0 Å². The first-order valence-electron chi connectivity index (χ1n) is 7.68. The van der Waals surface area contributed by atoms with Crippen LogP contribution in [-0.2, 0) is 23.0 Å². The van der Waals surface area contributed by atoms with E-state index in [1.54, 1.807) is 50.6 Å². The van der Waals surface area contributed by atoms with Crippen molar-refractivity contribution in [3.8, 4) is 6.07 Å². The number of carbonyl (C=O) groups excluding carboxylic acids is 1. The van der Waals surface area contributed by atoms with Gasteiger partial charge in [-0.1, -0.05) is 6.07 Å². The average Bonchev–Trinajstić information content (AvgIpc) is 2.81. The summed E-state index contributed by atoms with van der Waals surface area (Å²) in [5, 5.41) is 20.8. The summed E-state index contributed by atoms with van der Waals surface area (Å²) in [5.41, 5.74) is 1.35. The topological polar surface area (TPSA) is 117 Å². The van der Waals surface area contributed by atoms with Crippen molar-refractivity contribution in [2.75, 3.05) is 0 Å². The highest BCUT2D eigenvalue weighted by Crippen LogP contribution is 2.18. The lowest BCUT2D eigenvalue weighted by Gasteiger charge is -2.22. The number of carboxylic acids is 1. The minimum atomic E-state index is -1.16. The molecule has 0 bridgehead atoms. The van der Waals surface area contributed by atoms with Crippen LogP contribution in [0.2, 0.25) is 0 Å². The van der Waals surface area contributed by atoms with Crippen LogP contribution in [0.3, 0.4) is 0 Å². The molecule has 2 N–H and O–H groups in total. The number of rotatable bonds is 4. The van der Waals surface area contributed by atoms with Crippen LogP contribution in [0, 0.1) is 11.3 Å². The van der Waals surface area contributed by atoms with E-state index in [0.29, 0.717) is 11.1 Å². The maximum absolute atomic E-state index is 11.8. The summed E-state index contributed by atoms with van der Waals surface area (Å²) in [7, 11) is 1.71. The summed E-state index contributed by atoms with van der Waals surface area (Å²) < 4.78 is 6.73. The second-order valence-corrected chi connectivity index (χ2v) is 6.67. The molecule has 1 aromatic carbocycles. The van der Waals surface area contributed by atoms with Crippen LogP contribution in [0.1, 0.15) is 32.2 Å². The SMILES string of the molecule is Cn1c(C#N)nc2ccc(C[C@H](NC(=O)OC(C)(C)C)C(=O)O)cc21. The third-order valence-corrected chi connectivity index (χ3v) is 3.47. The molecule has 0 saturated heterocycles. The number of nitrogens with zero attached hydrogens (tertiary/aromatic N) is 3. The fraction of sp³-hybridized carbons (Fsp3) is 0.412. The number of carbonyl (C=O) groups is 2. The van der Waals surface area contributed by atoms with Crippen molar-refractivity contribution in [3.63, 3.8) is 0 Å². The molecule has 0 radical (unpaired) electrons. The fourth-order valence-corrected chi connectivity index (χ4v) is 2.35. The molecule has 0 unspecified atom stereocenters. The first-order chi connectivity index (χ1) is 11.6. The number of amides is 1. The second kappa shape index (κ2) is 6.81. The number of benzene rings is 1. The van der Waals surface area contributed by atoms with Gasteiger partial charge < -0.3 is 19.7 Å². The van der Waals surface area contributed by atoms with Crippen LogP contribution >= 0.6 is 0 Å². The van der Waals surface area contributed by atoms with Crippen molar-refractivity contribution >= 4 is 23.1 Å².